The number of rotatable bonds is 6. The Balaban J connectivity index is 2.29. The summed E-state index contributed by atoms with van der Waals surface area (Å²) in [5.41, 5.74) is 0. The third kappa shape index (κ3) is 4.51. The van der Waals surface area contributed by atoms with Crippen molar-refractivity contribution in [2.45, 2.75) is 64.5 Å². The summed E-state index contributed by atoms with van der Waals surface area (Å²) in [6, 6.07) is 1.12. The molecule has 1 aliphatic rings. The monoisotopic (exact) mass is 259 g/mol. The first kappa shape index (κ1) is 14.8. The summed E-state index contributed by atoms with van der Waals surface area (Å²) in [6.07, 6.45) is 0.971. The van der Waals surface area contributed by atoms with Gasteiger partial charge in [0.2, 0.25) is 0 Å². The lowest BCUT2D eigenvalue weighted by Gasteiger charge is -2.30. The highest BCUT2D eigenvalue weighted by Gasteiger charge is 2.32. The first-order valence-corrected chi connectivity index (χ1v) is 7.54. The minimum Gasteiger partial charge on any atom is -0.462 e. The molecular weight excluding hydrogens is 234 g/mol. The Bertz CT molecular complexity index is 248. The van der Waals surface area contributed by atoms with Crippen LogP contribution in [-0.2, 0) is 9.53 Å². The summed E-state index contributed by atoms with van der Waals surface area (Å²) in [6.45, 7) is 11.9. The summed E-state index contributed by atoms with van der Waals surface area (Å²) < 4.78 is 5.15. The van der Waals surface area contributed by atoms with E-state index in [-0.39, 0.29) is 17.3 Å². The van der Waals surface area contributed by atoms with Gasteiger partial charge in [0.05, 0.1) is 0 Å². The first-order valence-electron chi connectivity index (χ1n) is 6.49. The van der Waals surface area contributed by atoms with Gasteiger partial charge in [0.15, 0.2) is 0 Å². The number of thioether (sulfide) groups is 1. The molecule has 1 heterocycles. The molecule has 0 aromatic carbocycles. The molecule has 17 heavy (non-hydrogen) atoms. The van der Waals surface area contributed by atoms with Crippen molar-refractivity contribution in [3.05, 3.63) is 0 Å². The van der Waals surface area contributed by atoms with Gasteiger partial charge in [-0.25, -0.2) is 0 Å². The van der Waals surface area contributed by atoms with Crippen LogP contribution in [0, 0.1) is 0 Å². The van der Waals surface area contributed by atoms with Crippen molar-refractivity contribution in [2.24, 2.45) is 0 Å². The second-order valence-corrected chi connectivity index (χ2v) is 6.58. The van der Waals surface area contributed by atoms with Crippen molar-refractivity contribution < 1.29 is 9.53 Å². The highest BCUT2D eigenvalue weighted by atomic mass is 32.2. The normalized spacial score (nSPS) is 25.1. The van der Waals surface area contributed by atoms with Crippen LogP contribution in [0.25, 0.3) is 0 Å². The molecule has 0 saturated carbocycles. The van der Waals surface area contributed by atoms with Crippen molar-refractivity contribution in [2.75, 3.05) is 12.3 Å². The Morgan fingerprint density at radius 1 is 1.35 bits per heavy atom. The van der Waals surface area contributed by atoms with E-state index in [1.165, 1.54) is 0 Å². The van der Waals surface area contributed by atoms with E-state index in [2.05, 4.69) is 32.6 Å². The molecule has 1 rings (SSSR count). The lowest BCUT2D eigenvalue weighted by molar-refractivity contribution is -0.140. The maximum absolute atomic E-state index is 11.5. The first-order chi connectivity index (χ1) is 7.91. The van der Waals surface area contributed by atoms with Crippen LogP contribution < -0.4 is 0 Å². The van der Waals surface area contributed by atoms with Crippen LogP contribution in [0.3, 0.4) is 0 Å². The number of hydrogen-bond acceptors (Lipinski definition) is 4. The van der Waals surface area contributed by atoms with Crippen LogP contribution in [0.5, 0.6) is 0 Å². The smallest absolute Gasteiger partial charge is 0.319 e. The maximum atomic E-state index is 11.5. The van der Waals surface area contributed by atoms with Gasteiger partial charge in [0, 0.05) is 30.8 Å². The highest BCUT2D eigenvalue weighted by molar-refractivity contribution is 8.00. The van der Waals surface area contributed by atoms with E-state index >= 15 is 0 Å². The minimum absolute atomic E-state index is 0.0249. The quantitative estimate of drug-likeness (QED) is 0.686. The molecule has 100 valence electrons. The average Bonchev–Trinajstić information content (AvgIpc) is 2.51. The standard InChI is InChI=1S/C13H25NO2S/c1-9(2)14(10(3)4)6-7-17-12-8-11(5)16-13(12)15/h9-12H,6-8H2,1-5H3/t11-,12+/m1/s1. The van der Waals surface area contributed by atoms with Gasteiger partial charge < -0.3 is 4.74 Å². The van der Waals surface area contributed by atoms with Crippen molar-refractivity contribution in [3.8, 4) is 0 Å². The molecular formula is C13H25NO2S. The van der Waals surface area contributed by atoms with E-state index in [1.807, 2.05) is 6.92 Å². The highest BCUT2D eigenvalue weighted by Crippen LogP contribution is 2.26. The Morgan fingerprint density at radius 2 is 1.94 bits per heavy atom. The number of esters is 1. The summed E-state index contributed by atoms with van der Waals surface area (Å²) in [5.74, 6) is 0.978. The van der Waals surface area contributed by atoms with Crippen LogP contribution >= 0.6 is 11.8 Å². The number of cyclic esters (lactones) is 1. The number of carbonyl (C=O) groups is 1. The second kappa shape index (κ2) is 6.64. The molecule has 0 amide bonds. The van der Waals surface area contributed by atoms with E-state index in [1.54, 1.807) is 11.8 Å². The van der Waals surface area contributed by atoms with Crippen molar-refractivity contribution >= 4 is 17.7 Å². The fraction of sp³-hybridized carbons (Fsp3) is 0.923. The lowest BCUT2D eigenvalue weighted by atomic mass is 10.2. The summed E-state index contributed by atoms with van der Waals surface area (Å²) in [7, 11) is 0. The van der Waals surface area contributed by atoms with Gasteiger partial charge in [-0.05, 0) is 34.6 Å². The van der Waals surface area contributed by atoms with E-state index in [0.717, 1.165) is 18.7 Å². The van der Waals surface area contributed by atoms with Gasteiger partial charge in [0.1, 0.15) is 11.4 Å². The van der Waals surface area contributed by atoms with Crippen LogP contribution in [0.15, 0.2) is 0 Å². The zero-order chi connectivity index (χ0) is 13.0. The number of ether oxygens (including phenoxy) is 1. The number of nitrogens with zero attached hydrogens (tertiary/aromatic N) is 1. The van der Waals surface area contributed by atoms with E-state index in [9.17, 15) is 4.79 Å². The van der Waals surface area contributed by atoms with Gasteiger partial charge in [0.25, 0.3) is 0 Å². The van der Waals surface area contributed by atoms with Gasteiger partial charge in [-0.2, -0.15) is 0 Å². The summed E-state index contributed by atoms with van der Waals surface area (Å²) in [4.78, 5) is 13.9. The van der Waals surface area contributed by atoms with Crippen LogP contribution in [0.1, 0.15) is 41.0 Å². The zero-order valence-corrected chi connectivity index (χ0v) is 12.4. The topological polar surface area (TPSA) is 29.5 Å². The lowest BCUT2D eigenvalue weighted by Crippen LogP contribution is -2.38. The molecule has 0 aromatic heterocycles. The molecule has 0 N–H and O–H groups in total. The Kier molecular flexibility index (Phi) is 5.80. The number of hydrogen-bond donors (Lipinski definition) is 0. The Morgan fingerprint density at radius 3 is 2.35 bits per heavy atom. The van der Waals surface area contributed by atoms with Gasteiger partial charge >= 0.3 is 5.97 Å². The van der Waals surface area contributed by atoms with Crippen molar-refractivity contribution in [3.63, 3.8) is 0 Å². The van der Waals surface area contributed by atoms with Gasteiger partial charge in [-0.15, -0.1) is 11.8 Å². The van der Waals surface area contributed by atoms with Crippen molar-refractivity contribution in [1.82, 2.24) is 4.90 Å². The predicted molar refractivity (Wildman–Crippen MR) is 73.4 cm³/mol. The maximum Gasteiger partial charge on any atom is 0.319 e. The Labute approximate surface area is 109 Å². The molecule has 3 nitrogen and oxygen atoms in total. The Hall–Kier alpha value is -0.220. The third-order valence-electron chi connectivity index (χ3n) is 3.12. The minimum atomic E-state index is -0.0249. The zero-order valence-electron chi connectivity index (χ0n) is 11.6. The molecule has 0 aromatic rings. The fourth-order valence-electron chi connectivity index (χ4n) is 2.27. The van der Waals surface area contributed by atoms with Crippen molar-refractivity contribution in [1.29, 1.82) is 0 Å². The second-order valence-electron chi connectivity index (χ2n) is 5.27. The molecule has 0 radical (unpaired) electrons. The molecule has 0 aliphatic carbocycles. The average molecular weight is 259 g/mol. The largest absolute Gasteiger partial charge is 0.462 e. The molecule has 1 fully saturated rings. The molecule has 0 unspecified atom stereocenters. The molecule has 0 spiro atoms. The molecule has 0 bridgehead atoms. The van der Waals surface area contributed by atoms with E-state index in [4.69, 9.17) is 4.74 Å². The predicted octanol–water partition coefficient (Wildman–Crippen LogP) is 2.54. The molecule has 2 atom stereocenters. The van der Waals surface area contributed by atoms with E-state index < -0.39 is 0 Å². The summed E-state index contributed by atoms with van der Waals surface area (Å²) in [5, 5.41) is 0.0613. The summed E-state index contributed by atoms with van der Waals surface area (Å²) >= 11 is 1.74. The van der Waals surface area contributed by atoms with Gasteiger partial charge in [-0.3, -0.25) is 9.69 Å². The van der Waals surface area contributed by atoms with Crippen LogP contribution in [0.2, 0.25) is 0 Å². The fourth-order valence-corrected chi connectivity index (χ4v) is 3.47. The van der Waals surface area contributed by atoms with E-state index in [0.29, 0.717) is 12.1 Å². The third-order valence-corrected chi connectivity index (χ3v) is 4.33. The van der Waals surface area contributed by atoms with Crippen LogP contribution in [-0.4, -0.2) is 46.6 Å². The number of carbonyl (C=O) groups excluding carboxylic acids is 1. The SMILES string of the molecule is CC(C)N(CCS[C@H]1C[C@@H](C)OC1=O)C(C)C. The molecule has 1 saturated heterocycles. The molecule has 1 aliphatic heterocycles. The van der Waals surface area contributed by atoms with Gasteiger partial charge in [-0.1, -0.05) is 0 Å². The van der Waals surface area contributed by atoms with Crippen LogP contribution in [0.4, 0.5) is 0 Å². The molecule has 4 heteroatoms.